The van der Waals surface area contributed by atoms with Gasteiger partial charge in [-0.25, -0.2) is 13.2 Å². The Bertz CT molecular complexity index is 651. The summed E-state index contributed by atoms with van der Waals surface area (Å²) in [7, 11) is -3.39. The van der Waals surface area contributed by atoms with Crippen LogP contribution in [0, 0.1) is 12.8 Å². The van der Waals surface area contributed by atoms with E-state index >= 15 is 0 Å². The first-order valence-corrected chi connectivity index (χ1v) is 10.5. The molecule has 1 aliphatic heterocycles. The minimum absolute atomic E-state index is 0.124. The van der Waals surface area contributed by atoms with Crippen LogP contribution in [-0.4, -0.2) is 44.9 Å². The Morgan fingerprint density at radius 3 is 2.32 bits per heavy atom. The van der Waals surface area contributed by atoms with E-state index < -0.39 is 10.0 Å². The van der Waals surface area contributed by atoms with E-state index in [1.54, 1.807) is 16.4 Å². The fourth-order valence-corrected chi connectivity index (χ4v) is 4.46. The highest BCUT2D eigenvalue weighted by Crippen LogP contribution is 2.25. The average Bonchev–Trinajstić information content (AvgIpc) is 2.61. The molecule has 0 aliphatic carbocycles. The van der Waals surface area contributed by atoms with Crippen molar-refractivity contribution < 1.29 is 13.2 Å². The molecule has 0 aromatic heterocycles. The second kappa shape index (κ2) is 9.20. The average molecular weight is 368 g/mol. The molecule has 1 saturated heterocycles. The predicted octanol–water partition coefficient (Wildman–Crippen LogP) is 2.50. The molecule has 140 valence electrons. The highest BCUT2D eigenvalue weighted by atomic mass is 32.2. The minimum atomic E-state index is -3.39. The first kappa shape index (κ1) is 19.7. The Morgan fingerprint density at radius 2 is 1.72 bits per heavy atom. The standard InChI is InChI=1S/C18H29N3O3S/c1-3-11-19-18(22)20-12-8-16-9-13-21(14-10-16)25(23,24)17-6-4-15(2)5-7-17/h4-7,16H,3,8-14H2,1-2H3,(H2,19,20,22). The largest absolute Gasteiger partial charge is 0.338 e. The van der Waals surface area contributed by atoms with Crippen molar-refractivity contribution in [2.75, 3.05) is 26.2 Å². The number of urea groups is 1. The maximum absolute atomic E-state index is 12.7. The summed E-state index contributed by atoms with van der Waals surface area (Å²) in [6.45, 7) is 6.36. The normalized spacial score (nSPS) is 16.6. The van der Waals surface area contributed by atoms with E-state index in [1.165, 1.54) is 0 Å². The molecule has 1 heterocycles. The smallest absolute Gasteiger partial charge is 0.314 e. The summed E-state index contributed by atoms with van der Waals surface area (Å²) < 4.78 is 26.9. The molecule has 2 N–H and O–H groups in total. The second-order valence-electron chi connectivity index (χ2n) is 6.63. The van der Waals surface area contributed by atoms with Crippen LogP contribution in [0.15, 0.2) is 29.2 Å². The summed E-state index contributed by atoms with van der Waals surface area (Å²) in [5.41, 5.74) is 1.05. The van der Waals surface area contributed by atoms with Crippen LogP contribution in [0.25, 0.3) is 0 Å². The van der Waals surface area contributed by atoms with Gasteiger partial charge in [-0.3, -0.25) is 0 Å². The van der Waals surface area contributed by atoms with E-state index in [4.69, 9.17) is 0 Å². The van der Waals surface area contributed by atoms with E-state index in [2.05, 4.69) is 10.6 Å². The zero-order valence-corrected chi connectivity index (χ0v) is 15.9. The number of carbonyl (C=O) groups excluding carboxylic acids is 1. The third-order valence-electron chi connectivity index (χ3n) is 4.61. The van der Waals surface area contributed by atoms with Crippen LogP contribution >= 0.6 is 0 Å². The topological polar surface area (TPSA) is 78.5 Å². The van der Waals surface area contributed by atoms with Gasteiger partial charge in [0.2, 0.25) is 10.0 Å². The maximum Gasteiger partial charge on any atom is 0.314 e. The number of rotatable bonds is 7. The van der Waals surface area contributed by atoms with Gasteiger partial charge in [-0.2, -0.15) is 4.31 Å². The zero-order valence-electron chi connectivity index (χ0n) is 15.1. The quantitative estimate of drug-likeness (QED) is 0.777. The highest BCUT2D eigenvalue weighted by molar-refractivity contribution is 7.89. The van der Waals surface area contributed by atoms with Gasteiger partial charge in [0.15, 0.2) is 0 Å². The zero-order chi connectivity index (χ0) is 18.3. The van der Waals surface area contributed by atoms with Gasteiger partial charge in [0.1, 0.15) is 0 Å². The molecule has 0 unspecified atom stereocenters. The third kappa shape index (κ3) is 5.71. The van der Waals surface area contributed by atoms with Crippen LogP contribution in [-0.2, 0) is 10.0 Å². The van der Waals surface area contributed by atoms with Crippen LogP contribution in [0.2, 0.25) is 0 Å². The number of aryl methyl sites for hydroxylation is 1. The number of hydrogen-bond donors (Lipinski definition) is 2. The highest BCUT2D eigenvalue weighted by Gasteiger charge is 2.29. The molecule has 0 radical (unpaired) electrons. The van der Waals surface area contributed by atoms with Crippen molar-refractivity contribution in [2.24, 2.45) is 5.92 Å². The van der Waals surface area contributed by atoms with Crippen molar-refractivity contribution >= 4 is 16.1 Å². The van der Waals surface area contributed by atoms with Crippen LogP contribution in [0.4, 0.5) is 4.79 Å². The lowest BCUT2D eigenvalue weighted by Crippen LogP contribution is -2.40. The van der Waals surface area contributed by atoms with Gasteiger partial charge >= 0.3 is 6.03 Å². The number of amides is 2. The summed E-state index contributed by atoms with van der Waals surface area (Å²) in [4.78, 5) is 11.9. The van der Waals surface area contributed by atoms with Crippen molar-refractivity contribution in [1.29, 1.82) is 0 Å². The van der Waals surface area contributed by atoms with Gasteiger partial charge in [0.25, 0.3) is 0 Å². The van der Waals surface area contributed by atoms with Crippen molar-refractivity contribution in [3.8, 4) is 0 Å². The maximum atomic E-state index is 12.7. The number of carbonyl (C=O) groups is 1. The van der Waals surface area contributed by atoms with E-state index in [-0.39, 0.29) is 6.03 Å². The first-order valence-electron chi connectivity index (χ1n) is 9.02. The Kier molecular flexibility index (Phi) is 7.25. The number of piperidine rings is 1. The Morgan fingerprint density at radius 1 is 1.12 bits per heavy atom. The Labute approximate surface area is 151 Å². The van der Waals surface area contributed by atoms with E-state index in [9.17, 15) is 13.2 Å². The molecule has 0 saturated carbocycles. The van der Waals surface area contributed by atoms with Gasteiger partial charge in [-0.1, -0.05) is 24.6 Å². The van der Waals surface area contributed by atoms with Crippen molar-refractivity contribution in [2.45, 2.75) is 44.4 Å². The molecule has 6 nitrogen and oxygen atoms in total. The van der Waals surface area contributed by atoms with E-state index in [1.807, 2.05) is 26.0 Å². The van der Waals surface area contributed by atoms with Gasteiger partial charge in [0, 0.05) is 26.2 Å². The second-order valence-corrected chi connectivity index (χ2v) is 8.57. The Balaban J connectivity index is 1.77. The predicted molar refractivity (Wildman–Crippen MR) is 99.0 cm³/mol. The molecule has 0 spiro atoms. The van der Waals surface area contributed by atoms with Gasteiger partial charge < -0.3 is 10.6 Å². The Hall–Kier alpha value is -1.60. The third-order valence-corrected chi connectivity index (χ3v) is 6.52. The molecule has 25 heavy (non-hydrogen) atoms. The van der Waals surface area contributed by atoms with Crippen LogP contribution in [0.3, 0.4) is 0 Å². The molecule has 2 rings (SSSR count). The van der Waals surface area contributed by atoms with Crippen LogP contribution in [0.1, 0.15) is 38.2 Å². The van der Waals surface area contributed by atoms with E-state index in [0.717, 1.165) is 31.2 Å². The molecule has 1 aromatic rings. The van der Waals surface area contributed by atoms with Crippen molar-refractivity contribution in [3.05, 3.63) is 29.8 Å². The molecule has 0 bridgehead atoms. The van der Waals surface area contributed by atoms with Crippen molar-refractivity contribution in [3.63, 3.8) is 0 Å². The summed E-state index contributed by atoms with van der Waals surface area (Å²) in [5, 5.41) is 5.64. The first-order chi connectivity index (χ1) is 11.9. The van der Waals surface area contributed by atoms with Gasteiger partial charge in [0.05, 0.1) is 4.90 Å². The van der Waals surface area contributed by atoms with E-state index in [0.29, 0.717) is 37.0 Å². The van der Waals surface area contributed by atoms with Gasteiger partial charge in [-0.15, -0.1) is 0 Å². The molecule has 7 heteroatoms. The van der Waals surface area contributed by atoms with Crippen LogP contribution < -0.4 is 10.6 Å². The number of sulfonamides is 1. The number of nitrogens with one attached hydrogen (secondary N) is 2. The minimum Gasteiger partial charge on any atom is -0.338 e. The lowest BCUT2D eigenvalue weighted by atomic mass is 9.95. The molecular weight excluding hydrogens is 338 g/mol. The SMILES string of the molecule is CCCNC(=O)NCCC1CCN(S(=O)(=O)c2ccc(C)cc2)CC1. The molecule has 0 atom stereocenters. The fourth-order valence-electron chi connectivity index (χ4n) is 2.99. The molecule has 2 amide bonds. The van der Waals surface area contributed by atoms with Crippen LogP contribution in [0.5, 0.6) is 0 Å². The summed E-state index contributed by atoms with van der Waals surface area (Å²) in [6.07, 6.45) is 3.48. The molecule has 1 fully saturated rings. The summed E-state index contributed by atoms with van der Waals surface area (Å²) >= 11 is 0. The number of nitrogens with zero attached hydrogens (tertiary/aromatic N) is 1. The number of hydrogen-bond acceptors (Lipinski definition) is 3. The van der Waals surface area contributed by atoms with Crippen molar-refractivity contribution in [1.82, 2.24) is 14.9 Å². The monoisotopic (exact) mass is 367 g/mol. The molecule has 1 aliphatic rings. The molecule has 1 aromatic carbocycles. The lowest BCUT2D eigenvalue weighted by Gasteiger charge is -2.31. The summed E-state index contributed by atoms with van der Waals surface area (Å²) in [6, 6.07) is 6.89. The lowest BCUT2D eigenvalue weighted by molar-refractivity contribution is 0.236. The summed E-state index contributed by atoms with van der Waals surface area (Å²) in [5.74, 6) is 0.455. The number of benzene rings is 1. The molecular formula is C18H29N3O3S. The van der Waals surface area contributed by atoms with Gasteiger partial charge in [-0.05, 0) is 50.7 Å². The fraction of sp³-hybridized carbons (Fsp3) is 0.611.